The van der Waals surface area contributed by atoms with E-state index in [1.54, 1.807) is 6.07 Å². The maximum Gasteiger partial charge on any atom is 0.142 e. The van der Waals surface area contributed by atoms with Crippen molar-refractivity contribution in [1.82, 2.24) is 5.32 Å². The van der Waals surface area contributed by atoms with Gasteiger partial charge in [0.05, 0.1) is 10.6 Å². The van der Waals surface area contributed by atoms with Crippen molar-refractivity contribution in [1.29, 1.82) is 0 Å². The molecule has 0 aromatic heterocycles. The molecular weight excluding hydrogens is 321 g/mol. The number of hydrogen-bond donors (Lipinski definition) is 1. The summed E-state index contributed by atoms with van der Waals surface area (Å²) in [5.74, 6) is -0.143. The van der Waals surface area contributed by atoms with Gasteiger partial charge >= 0.3 is 0 Å². The minimum Gasteiger partial charge on any atom is -0.378 e. The predicted octanol–water partition coefficient (Wildman–Crippen LogP) is 4.59. The molecule has 1 aromatic rings. The molecule has 1 aliphatic rings. The van der Waals surface area contributed by atoms with E-state index in [-0.39, 0.29) is 11.9 Å². The second kappa shape index (κ2) is 8.11. The van der Waals surface area contributed by atoms with E-state index < -0.39 is 0 Å². The molecule has 1 aliphatic heterocycles. The summed E-state index contributed by atoms with van der Waals surface area (Å²) in [6, 6.07) is 5.60. The highest BCUT2D eigenvalue weighted by molar-refractivity contribution is 9.10. The molecular formula is C16H23BrFNO. The fraction of sp³-hybridized carbons (Fsp3) is 0.625. The van der Waals surface area contributed by atoms with Gasteiger partial charge in [-0.1, -0.05) is 19.1 Å². The summed E-state index contributed by atoms with van der Waals surface area (Å²) in [5.41, 5.74) is 0.758. The number of halogens is 2. The molecule has 2 nitrogen and oxygen atoms in total. The molecule has 112 valence electrons. The predicted molar refractivity (Wildman–Crippen MR) is 83.3 cm³/mol. The molecule has 0 radical (unpaired) electrons. The molecule has 1 N–H and O–H groups in total. The van der Waals surface area contributed by atoms with Crippen molar-refractivity contribution in [3.8, 4) is 0 Å². The molecule has 0 aliphatic carbocycles. The van der Waals surface area contributed by atoms with Crippen molar-refractivity contribution in [3.63, 3.8) is 0 Å². The lowest BCUT2D eigenvalue weighted by atomic mass is 9.98. The molecule has 20 heavy (non-hydrogen) atoms. The second-order valence-corrected chi connectivity index (χ2v) is 6.17. The molecule has 1 aromatic carbocycles. The maximum absolute atomic E-state index is 14.2. The number of benzene rings is 1. The second-order valence-electron chi connectivity index (χ2n) is 5.32. The zero-order chi connectivity index (χ0) is 14.4. The number of hydrogen-bond acceptors (Lipinski definition) is 2. The highest BCUT2D eigenvalue weighted by Gasteiger charge is 2.19. The SMILES string of the molecule is CCNC(CCCC1CCCO1)c1cccc(Br)c1F. The zero-order valence-electron chi connectivity index (χ0n) is 12.0. The molecule has 2 rings (SSSR count). The standard InChI is InChI=1S/C16H23BrFNO/c1-2-19-15(10-3-6-12-7-5-11-20-12)13-8-4-9-14(17)16(13)18/h4,8-9,12,15,19H,2-3,5-7,10-11H2,1H3. The van der Waals surface area contributed by atoms with Gasteiger partial charge in [-0.2, -0.15) is 0 Å². The third-order valence-corrected chi connectivity index (χ3v) is 4.46. The van der Waals surface area contributed by atoms with Crippen LogP contribution >= 0.6 is 15.9 Å². The Morgan fingerprint density at radius 2 is 2.35 bits per heavy atom. The van der Waals surface area contributed by atoms with Crippen LogP contribution in [0.15, 0.2) is 22.7 Å². The van der Waals surface area contributed by atoms with Gasteiger partial charge in [-0.3, -0.25) is 0 Å². The monoisotopic (exact) mass is 343 g/mol. The summed E-state index contributed by atoms with van der Waals surface area (Å²) < 4.78 is 20.4. The topological polar surface area (TPSA) is 21.3 Å². The van der Waals surface area contributed by atoms with Gasteiger partial charge in [0.25, 0.3) is 0 Å². The average Bonchev–Trinajstić information content (AvgIpc) is 2.94. The lowest BCUT2D eigenvalue weighted by Gasteiger charge is -2.20. The van der Waals surface area contributed by atoms with E-state index in [0.717, 1.165) is 38.0 Å². The molecule has 1 fully saturated rings. The van der Waals surface area contributed by atoms with Crippen LogP contribution in [-0.2, 0) is 4.74 Å². The van der Waals surface area contributed by atoms with Crippen LogP contribution in [0.2, 0.25) is 0 Å². The first-order valence-corrected chi connectivity index (χ1v) is 8.30. The van der Waals surface area contributed by atoms with E-state index in [1.165, 1.54) is 12.8 Å². The van der Waals surface area contributed by atoms with Gasteiger partial charge in [-0.05, 0) is 60.6 Å². The zero-order valence-corrected chi connectivity index (χ0v) is 13.6. The summed E-state index contributed by atoms with van der Waals surface area (Å²) >= 11 is 3.26. The van der Waals surface area contributed by atoms with E-state index in [1.807, 2.05) is 12.1 Å². The first-order chi connectivity index (χ1) is 9.72. The highest BCUT2D eigenvalue weighted by Crippen LogP contribution is 2.28. The van der Waals surface area contributed by atoms with Gasteiger partial charge in [0.15, 0.2) is 0 Å². The maximum atomic E-state index is 14.2. The molecule has 2 atom stereocenters. The lowest BCUT2D eigenvalue weighted by Crippen LogP contribution is -2.22. The molecule has 0 spiro atoms. The Kier molecular flexibility index (Phi) is 6.46. The molecule has 0 saturated carbocycles. The number of rotatable bonds is 7. The van der Waals surface area contributed by atoms with Crippen molar-refractivity contribution < 1.29 is 9.13 Å². The van der Waals surface area contributed by atoms with Crippen molar-refractivity contribution in [3.05, 3.63) is 34.1 Å². The quantitative estimate of drug-likeness (QED) is 0.781. The highest BCUT2D eigenvalue weighted by atomic mass is 79.9. The lowest BCUT2D eigenvalue weighted by molar-refractivity contribution is 0.101. The van der Waals surface area contributed by atoms with Crippen molar-refractivity contribution >= 4 is 15.9 Å². The largest absolute Gasteiger partial charge is 0.378 e. The van der Waals surface area contributed by atoms with E-state index in [4.69, 9.17) is 4.74 Å². The smallest absolute Gasteiger partial charge is 0.142 e. The van der Waals surface area contributed by atoms with Crippen LogP contribution in [-0.4, -0.2) is 19.3 Å². The van der Waals surface area contributed by atoms with E-state index >= 15 is 0 Å². The first kappa shape index (κ1) is 15.9. The Morgan fingerprint density at radius 1 is 1.50 bits per heavy atom. The summed E-state index contributed by atoms with van der Waals surface area (Å²) in [7, 11) is 0. The summed E-state index contributed by atoms with van der Waals surface area (Å²) in [6.45, 7) is 3.81. The Hall–Kier alpha value is -0.450. The Balaban J connectivity index is 1.93. The normalized spacial score (nSPS) is 20.2. The van der Waals surface area contributed by atoms with Gasteiger partial charge in [0.2, 0.25) is 0 Å². The molecule has 4 heteroatoms. The van der Waals surface area contributed by atoms with Gasteiger partial charge in [-0.15, -0.1) is 0 Å². The van der Waals surface area contributed by atoms with Gasteiger partial charge in [0.1, 0.15) is 5.82 Å². The van der Waals surface area contributed by atoms with E-state index in [9.17, 15) is 4.39 Å². The van der Waals surface area contributed by atoms with Crippen LogP contribution in [0.4, 0.5) is 4.39 Å². The third-order valence-electron chi connectivity index (χ3n) is 3.85. The fourth-order valence-corrected chi connectivity index (χ4v) is 3.21. The van der Waals surface area contributed by atoms with E-state index in [2.05, 4.69) is 28.2 Å². The number of ether oxygens (including phenoxy) is 1. The summed E-state index contributed by atoms with van der Waals surface area (Å²) in [5, 5.41) is 3.39. The van der Waals surface area contributed by atoms with Gasteiger partial charge in [-0.25, -0.2) is 4.39 Å². The van der Waals surface area contributed by atoms with Gasteiger partial charge < -0.3 is 10.1 Å². The molecule has 2 unspecified atom stereocenters. The van der Waals surface area contributed by atoms with Crippen molar-refractivity contribution in [2.24, 2.45) is 0 Å². The molecule has 1 saturated heterocycles. The van der Waals surface area contributed by atoms with Crippen LogP contribution in [0.25, 0.3) is 0 Å². The Morgan fingerprint density at radius 3 is 3.05 bits per heavy atom. The first-order valence-electron chi connectivity index (χ1n) is 7.51. The van der Waals surface area contributed by atoms with Crippen molar-refractivity contribution in [2.45, 2.75) is 51.2 Å². The third kappa shape index (κ3) is 4.27. The minimum atomic E-state index is -0.143. The van der Waals surface area contributed by atoms with Crippen LogP contribution < -0.4 is 5.32 Å². The molecule has 1 heterocycles. The summed E-state index contributed by atoms with van der Waals surface area (Å²) in [6.07, 6.45) is 5.87. The summed E-state index contributed by atoms with van der Waals surface area (Å²) in [4.78, 5) is 0. The van der Waals surface area contributed by atoms with Crippen LogP contribution in [0, 0.1) is 5.82 Å². The van der Waals surface area contributed by atoms with Crippen LogP contribution in [0.3, 0.4) is 0 Å². The molecule has 0 amide bonds. The fourth-order valence-electron chi connectivity index (χ4n) is 2.83. The van der Waals surface area contributed by atoms with Crippen LogP contribution in [0.5, 0.6) is 0 Å². The average molecular weight is 344 g/mol. The van der Waals surface area contributed by atoms with E-state index in [0.29, 0.717) is 10.6 Å². The minimum absolute atomic E-state index is 0.0823. The molecule has 0 bridgehead atoms. The van der Waals surface area contributed by atoms with Gasteiger partial charge in [0, 0.05) is 18.2 Å². The Labute approximate surface area is 129 Å². The van der Waals surface area contributed by atoms with Crippen molar-refractivity contribution in [2.75, 3.05) is 13.2 Å². The Bertz CT molecular complexity index is 421. The number of nitrogens with one attached hydrogen (secondary N) is 1. The van der Waals surface area contributed by atoms with Crippen LogP contribution in [0.1, 0.15) is 50.6 Å².